The number of pyridine rings is 2. The van der Waals surface area contributed by atoms with E-state index in [0.717, 1.165) is 62.3 Å². The van der Waals surface area contributed by atoms with Crippen LogP contribution in [0.2, 0.25) is 0 Å². The molecule has 10 heterocycles. The van der Waals surface area contributed by atoms with Crippen LogP contribution in [0.3, 0.4) is 0 Å². The number of fused-ring (bicyclic) bond motifs is 4. The standard InChI is InChI=1S/C32H36N10O2/c1-43-31-5-3-21(9-37-31)15-41-23-7-24(41)18-39(17-23)29-13-33-27(11-35-29)28-12-36-30(14-34-28)40-19-25-8-26(20-40)42(25)16-22-4-6-32(44-2)38-10-22/h3-6,9-14,23-26H,7-8,15-20H2,1-2H3. The lowest BCUT2D eigenvalue weighted by atomic mass is 9.87. The number of anilines is 2. The molecule has 0 N–H and O–H groups in total. The van der Waals surface area contributed by atoms with Gasteiger partial charge in [-0.1, -0.05) is 12.1 Å². The van der Waals surface area contributed by atoms with Gasteiger partial charge in [0.15, 0.2) is 0 Å². The molecule has 0 amide bonds. The maximum absolute atomic E-state index is 5.19. The number of rotatable bonds is 9. The Kier molecular flexibility index (Phi) is 6.94. The molecule has 6 fully saturated rings. The minimum absolute atomic E-state index is 0.517. The summed E-state index contributed by atoms with van der Waals surface area (Å²) >= 11 is 0. The molecule has 6 aliphatic heterocycles. The predicted molar refractivity (Wildman–Crippen MR) is 165 cm³/mol. The van der Waals surface area contributed by atoms with Gasteiger partial charge in [-0.3, -0.25) is 9.80 Å². The van der Waals surface area contributed by atoms with E-state index < -0.39 is 0 Å². The molecule has 6 saturated heterocycles. The van der Waals surface area contributed by atoms with Crippen molar-refractivity contribution in [2.45, 2.75) is 50.1 Å². The van der Waals surface area contributed by atoms with Gasteiger partial charge in [0, 0.05) is 88.0 Å². The molecular weight excluding hydrogens is 556 g/mol. The maximum Gasteiger partial charge on any atom is 0.212 e. The summed E-state index contributed by atoms with van der Waals surface area (Å²) in [6, 6.07) is 10.1. The third-order valence-electron chi connectivity index (χ3n) is 9.62. The number of hydrogen-bond donors (Lipinski definition) is 0. The van der Waals surface area contributed by atoms with E-state index in [9.17, 15) is 0 Å². The van der Waals surface area contributed by atoms with E-state index in [1.165, 1.54) is 24.0 Å². The van der Waals surface area contributed by atoms with Gasteiger partial charge < -0.3 is 19.3 Å². The SMILES string of the molecule is COc1ccc(CN2C3CC2CN(c2cnc(-c4cnc(N5CC6CC(C5)N6Cc5ccc(OC)nc5)cn4)cn2)C3)cn1. The van der Waals surface area contributed by atoms with Crippen LogP contribution in [-0.2, 0) is 13.1 Å². The molecule has 4 atom stereocenters. The van der Waals surface area contributed by atoms with Gasteiger partial charge in [0.2, 0.25) is 11.8 Å². The zero-order chi connectivity index (χ0) is 29.6. The Morgan fingerprint density at radius 3 is 1.30 bits per heavy atom. The van der Waals surface area contributed by atoms with E-state index in [1.807, 2.05) is 49.3 Å². The summed E-state index contributed by atoms with van der Waals surface area (Å²) in [4.78, 5) is 37.5. The fourth-order valence-electron chi connectivity index (χ4n) is 7.17. The Morgan fingerprint density at radius 2 is 0.977 bits per heavy atom. The number of nitrogens with zero attached hydrogens (tertiary/aromatic N) is 10. The molecule has 4 aromatic heterocycles. The van der Waals surface area contributed by atoms with Crippen molar-refractivity contribution in [3.8, 4) is 23.1 Å². The summed E-state index contributed by atoms with van der Waals surface area (Å²) in [5, 5.41) is 0. The molecule has 4 aromatic rings. The normalized spacial score (nSPS) is 24.4. The van der Waals surface area contributed by atoms with Crippen LogP contribution in [0.15, 0.2) is 61.4 Å². The Labute approximate surface area is 256 Å². The van der Waals surface area contributed by atoms with Crippen LogP contribution in [0.25, 0.3) is 11.4 Å². The highest BCUT2D eigenvalue weighted by Crippen LogP contribution is 2.37. The third kappa shape index (κ3) is 5.07. The number of piperidine rings is 2. The van der Waals surface area contributed by atoms with Crippen LogP contribution in [0.1, 0.15) is 24.0 Å². The second kappa shape index (κ2) is 11.3. The van der Waals surface area contributed by atoms with Crippen molar-refractivity contribution in [1.29, 1.82) is 0 Å². The van der Waals surface area contributed by atoms with E-state index in [-0.39, 0.29) is 0 Å². The Bertz CT molecular complexity index is 1440. The molecule has 0 spiro atoms. The van der Waals surface area contributed by atoms with Crippen molar-refractivity contribution in [2.24, 2.45) is 0 Å². The smallest absolute Gasteiger partial charge is 0.212 e. The Morgan fingerprint density at radius 1 is 0.545 bits per heavy atom. The van der Waals surface area contributed by atoms with Crippen LogP contribution >= 0.6 is 0 Å². The first-order valence-corrected chi connectivity index (χ1v) is 15.3. The van der Waals surface area contributed by atoms with Crippen LogP contribution in [0.5, 0.6) is 11.8 Å². The van der Waals surface area contributed by atoms with Crippen LogP contribution in [0.4, 0.5) is 11.6 Å². The highest BCUT2D eigenvalue weighted by Gasteiger charge is 2.45. The molecule has 4 bridgehead atoms. The molecule has 12 nitrogen and oxygen atoms in total. The lowest BCUT2D eigenvalue weighted by Crippen LogP contribution is -2.68. The number of methoxy groups -OCH3 is 2. The number of piperazine rings is 2. The summed E-state index contributed by atoms with van der Waals surface area (Å²) in [5.74, 6) is 3.14. The highest BCUT2D eigenvalue weighted by molar-refractivity contribution is 5.55. The average Bonchev–Trinajstić information content (AvgIpc) is 3.10. The highest BCUT2D eigenvalue weighted by atomic mass is 16.5. The van der Waals surface area contributed by atoms with Crippen LogP contribution in [0, 0.1) is 0 Å². The molecule has 6 aliphatic rings. The minimum Gasteiger partial charge on any atom is -0.481 e. The van der Waals surface area contributed by atoms with Crippen molar-refractivity contribution >= 4 is 11.6 Å². The fourth-order valence-corrected chi connectivity index (χ4v) is 7.17. The molecule has 12 heteroatoms. The summed E-state index contributed by atoms with van der Waals surface area (Å²) in [6.07, 6.45) is 13.7. The summed E-state index contributed by atoms with van der Waals surface area (Å²) < 4.78 is 10.4. The van der Waals surface area contributed by atoms with E-state index in [1.54, 1.807) is 14.2 Å². The second-order valence-electron chi connectivity index (χ2n) is 12.2. The van der Waals surface area contributed by atoms with Gasteiger partial charge in [-0.05, 0) is 24.0 Å². The summed E-state index contributed by atoms with van der Waals surface area (Å²) in [7, 11) is 3.29. The van der Waals surface area contributed by atoms with Crippen molar-refractivity contribution in [3.63, 3.8) is 0 Å². The van der Waals surface area contributed by atoms with Crippen LogP contribution in [-0.4, -0.2) is 104 Å². The van der Waals surface area contributed by atoms with Gasteiger partial charge in [0.25, 0.3) is 0 Å². The molecule has 0 aliphatic carbocycles. The maximum atomic E-state index is 5.19. The van der Waals surface area contributed by atoms with E-state index >= 15 is 0 Å². The van der Waals surface area contributed by atoms with Crippen molar-refractivity contribution in [1.82, 2.24) is 39.7 Å². The van der Waals surface area contributed by atoms with Gasteiger partial charge in [0.1, 0.15) is 23.0 Å². The quantitative estimate of drug-likeness (QED) is 0.285. The minimum atomic E-state index is 0.517. The van der Waals surface area contributed by atoms with Gasteiger partial charge >= 0.3 is 0 Å². The zero-order valence-corrected chi connectivity index (χ0v) is 25.0. The van der Waals surface area contributed by atoms with Crippen molar-refractivity contribution < 1.29 is 9.47 Å². The van der Waals surface area contributed by atoms with E-state index in [4.69, 9.17) is 29.4 Å². The second-order valence-corrected chi connectivity index (χ2v) is 12.2. The molecule has 0 aromatic carbocycles. The first-order chi connectivity index (χ1) is 21.6. The first-order valence-electron chi connectivity index (χ1n) is 15.3. The van der Waals surface area contributed by atoms with E-state index in [2.05, 4.69) is 41.7 Å². The molecule has 0 saturated carbocycles. The average molecular weight is 593 g/mol. The summed E-state index contributed by atoms with van der Waals surface area (Å²) in [6.45, 7) is 5.64. The largest absolute Gasteiger partial charge is 0.481 e. The van der Waals surface area contributed by atoms with Gasteiger partial charge in [-0.15, -0.1) is 0 Å². The lowest BCUT2D eigenvalue weighted by Gasteiger charge is -2.56. The number of hydrogen-bond acceptors (Lipinski definition) is 12. The molecule has 226 valence electrons. The predicted octanol–water partition coefficient (Wildman–Crippen LogP) is 2.67. The van der Waals surface area contributed by atoms with Gasteiger partial charge in [-0.2, -0.15) is 0 Å². The Balaban J connectivity index is 0.849. The topological polar surface area (TPSA) is 109 Å². The number of aromatic nitrogens is 6. The molecule has 4 unspecified atom stereocenters. The third-order valence-corrected chi connectivity index (χ3v) is 9.62. The molecule has 44 heavy (non-hydrogen) atoms. The summed E-state index contributed by atoms with van der Waals surface area (Å²) in [5.41, 5.74) is 3.91. The number of ether oxygens (including phenoxy) is 2. The van der Waals surface area contributed by atoms with Gasteiger partial charge in [0.05, 0.1) is 39.0 Å². The monoisotopic (exact) mass is 592 g/mol. The Hall–Kier alpha value is -4.42. The van der Waals surface area contributed by atoms with Gasteiger partial charge in [-0.25, -0.2) is 29.9 Å². The zero-order valence-electron chi connectivity index (χ0n) is 25.0. The fraction of sp³-hybridized carbons (Fsp3) is 0.438. The first kappa shape index (κ1) is 27.2. The van der Waals surface area contributed by atoms with Crippen LogP contribution < -0.4 is 19.3 Å². The van der Waals surface area contributed by atoms with E-state index in [0.29, 0.717) is 35.9 Å². The molecule has 0 radical (unpaired) electrons. The van der Waals surface area contributed by atoms with Crippen molar-refractivity contribution in [3.05, 3.63) is 72.6 Å². The molecule has 10 rings (SSSR count). The molecular formula is C32H36N10O2. The lowest BCUT2D eigenvalue weighted by molar-refractivity contribution is -0.00882. The van der Waals surface area contributed by atoms with Crippen molar-refractivity contribution in [2.75, 3.05) is 50.2 Å².